The highest BCUT2D eigenvalue weighted by molar-refractivity contribution is 5.86. The van der Waals surface area contributed by atoms with Gasteiger partial charge in [-0.15, -0.1) is 0 Å². The number of aliphatic hydroxyl groups is 1. The largest absolute Gasteiger partial charge is 0.379 e. The number of nitrogens with zero attached hydrogens (tertiary/aromatic N) is 2. The molecule has 1 atom stereocenters. The number of carbonyl (C=O) groups is 1. The van der Waals surface area contributed by atoms with Crippen LogP contribution in [0.4, 0.5) is 0 Å². The first-order valence-electron chi connectivity index (χ1n) is 9.69. The van der Waals surface area contributed by atoms with Gasteiger partial charge in [-0.05, 0) is 42.9 Å². The molecule has 1 aliphatic rings. The molecule has 1 amide bonds. The predicted molar refractivity (Wildman–Crippen MR) is 105 cm³/mol. The summed E-state index contributed by atoms with van der Waals surface area (Å²) in [6.07, 6.45) is 1.29. The lowest BCUT2D eigenvalue weighted by Crippen LogP contribution is -2.57. The second-order valence-corrected chi connectivity index (χ2v) is 7.90. The van der Waals surface area contributed by atoms with Crippen molar-refractivity contribution in [1.82, 2.24) is 20.4 Å². The molecule has 0 spiro atoms. The molecule has 1 aromatic carbocycles. The van der Waals surface area contributed by atoms with Crippen LogP contribution in [0.3, 0.4) is 0 Å². The van der Waals surface area contributed by atoms with Crippen molar-refractivity contribution in [1.29, 1.82) is 0 Å². The fraction of sp³-hybridized carbons (Fsp3) is 0.524. The van der Waals surface area contributed by atoms with Crippen molar-refractivity contribution in [3.63, 3.8) is 0 Å². The average Bonchev–Trinajstić information content (AvgIpc) is 3.05. The Kier molecular flexibility index (Phi) is 5.97. The van der Waals surface area contributed by atoms with Crippen LogP contribution in [0.2, 0.25) is 0 Å². The number of aryl methyl sites for hydroxylation is 1. The zero-order valence-electron chi connectivity index (χ0n) is 16.5. The molecule has 3 rings (SSSR count). The van der Waals surface area contributed by atoms with Crippen molar-refractivity contribution in [2.24, 2.45) is 0 Å². The molecule has 1 saturated heterocycles. The molecule has 1 aliphatic heterocycles. The number of piperidine rings is 1. The Balaban J connectivity index is 1.58. The van der Waals surface area contributed by atoms with Crippen LogP contribution in [0.5, 0.6) is 0 Å². The number of aromatic amines is 1. The summed E-state index contributed by atoms with van der Waals surface area (Å²) in [6.45, 7) is 8.27. The molecule has 0 saturated carbocycles. The summed E-state index contributed by atoms with van der Waals surface area (Å²) in [7, 11) is 0. The van der Waals surface area contributed by atoms with E-state index in [9.17, 15) is 9.90 Å². The molecular formula is C21H30N4O2. The van der Waals surface area contributed by atoms with Gasteiger partial charge in [0.25, 0.3) is 5.91 Å². The number of carbonyl (C=O) groups excluding carboxylic acids is 1. The first-order chi connectivity index (χ1) is 12.9. The van der Waals surface area contributed by atoms with Crippen LogP contribution < -0.4 is 5.32 Å². The lowest BCUT2D eigenvalue weighted by Gasteiger charge is -2.38. The van der Waals surface area contributed by atoms with Crippen molar-refractivity contribution in [2.45, 2.75) is 58.2 Å². The van der Waals surface area contributed by atoms with Crippen LogP contribution in [0.15, 0.2) is 30.3 Å². The third-order valence-corrected chi connectivity index (χ3v) is 5.21. The maximum absolute atomic E-state index is 12.9. The first-order valence-corrected chi connectivity index (χ1v) is 9.69. The Morgan fingerprint density at radius 2 is 2.07 bits per heavy atom. The summed E-state index contributed by atoms with van der Waals surface area (Å²) < 4.78 is 0. The molecular weight excluding hydrogens is 340 g/mol. The highest BCUT2D eigenvalue weighted by Crippen LogP contribution is 2.24. The van der Waals surface area contributed by atoms with Gasteiger partial charge in [-0.3, -0.25) is 9.89 Å². The number of amides is 1. The standard InChI is InChI=1S/C21H30N4O2/c1-15(2)18-7-5-17(6-8-18)13-25-10-4-9-21(27,20(25)26)14-22-12-19-11-16(3)23-24-19/h5-8,11,15,22,27H,4,9-10,12-14H2,1-3H3,(H,23,24)/t21-/m1/s1. The van der Waals surface area contributed by atoms with Crippen molar-refractivity contribution >= 4 is 5.91 Å². The van der Waals surface area contributed by atoms with E-state index >= 15 is 0 Å². The van der Waals surface area contributed by atoms with Gasteiger partial charge in [0, 0.05) is 31.9 Å². The molecule has 0 aliphatic carbocycles. The average molecular weight is 370 g/mol. The van der Waals surface area contributed by atoms with Crippen LogP contribution in [0.25, 0.3) is 0 Å². The van der Waals surface area contributed by atoms with Crippen LogP contribution in [0.1, 0.15) is 55.1 Å². The van der Waals surface area contributed by atoms with Gasteiger partial charge in [0.2, 0.25) is 0 Å². The third kappa shape index (κ3) is 4.76. The first kappa shape index (κ1) is 19.6. The molecule has 27 heavy (non-hydrogen) atoms. The monoisotopic (exact) mass is 370 g/mol. The zero-order chi connectivity index (χ0) is 19.4. The smallest absolute Gasteiger partial charge is 0.256 e. The van der Waals surface area contributed by atoms with Gasteiger partial charge in [0.05, 0.1) is 5.69 Å². The lowest BCUT2D eigenvalue weighted by molar-refractivity contribution is -0.157. The zero-order valence-corrected chi connectivity index (χ0v) is 16.5. The second-order valence-electron chi connectivity index (χ2n) is 7.90. The predicted octanol–water partition coefficient (Wildman–Crippen LogP) is 2.48. The molecule has 1 aromatic heterocycles. The van der Waals surface area contributed by atoms with Gasteiger partial charge in [0.1, 0.15) is 0 Å². The maximum Gasteiger partial charge on any atom is 0.256 e. The Morgan fingerprint density at radius 3 is 2.70 bits per heavy atom. The number of hydrogen-bond acceptors (Lipinski definition) is 4. The Labute approximate surface area is 161 Å². The SMILES string of the molecule is Cc1cc(CNC[C@]2(O)CCCN(Cc3ccc(C(C)C)cc3)C2=O)n[nH]1. The Morgan fingerprint density at radius 1 is 1.33 bits per heavy atom. The number of H-pyrrole nitrogens is 1. The molecule has 0 bridgehead atoms. The molecule has 6 nitrogen and oxygen atoms in total. The quantitative estimate of drug-likeness (QED) is 0.699. The highest BCUT2D eigenvalue weighted by atomic mass is 16.3. The maximum atomic E-state index is 12.9. The number of aromatic nitrogens is 2. The van der Waals surface area contributed by atoms with Crippen molar-refractivity contribution in [2.75, 3.05) is 13.1 Å². The van der Waals surface area contributed by atoms with E-state index in [1.807, 2.05) is 13.0 Å². The summed E-state index contributed by atoms with van der Waals surface area (Å²) in [5.74, 6) is 0.303. The second kappa shape index (κ2) is 8.23. The molecule has 2 heterocycles. The molecule has 2 aromatic rings. The van der Waals surface area contributed by atoms with Crippen LogP contribution >= 0.6 is 0 Å². The molecule has 0 radical (unpaired) electrons. The van der Waals surface area contributed by atoms with Crippen LogP contribution in [-0.4, -0.2) is 44.8 Å². The fourth-order valence-electron chi connectivity index (χ4n) is 3.57. The van der Waals surface area contributed by atoms with Crippen molar-refractivity contribution in [3.8, 4) is 0 Å². The Bertz CT molecular complexity index is 769. The lowest BCUT2D eigenvalue weighted by atomic mass is 9.91. The number of hydrogen-bond donors (Lipinski definition) is 3. The van der Waals surface area contributed by atoms with E-state index in [2.05, 4.69) is 53.6 Å². The minimum absolute atomic E-state index is 0.188. The molecule has 146 valence electrons. The van der Waals surface area contributed by atoms with Gasteiger partial charge < -0.3 is 15.3 Å². The van der Waals surface area contributed by atoms with Crippen LogP contribution in [0, 0.1) is 6.92 Å². The molecule has 0 unspecified atom stereocenters. The normalized spacial score (nSPS) is 20.5. The summed E-state index contributed by atoms with van der Waals surface area (Å²) >= 11 is 0. The topological polar surface area (TPSA) is 81.2 Å². The minimum atomic E-state index is -1.35. The van der Waals surface area contributed by atoms with E-state index < -0.39 is 5.60 Å². The van der Waals surface area contributed by atoms with E-state index in [0.717, 1.165) is 23.4 Å². The number of likely N-dealkylation sites (tertiary alicyclic amines) is 1. The molecule has 6 heteroatoms. The van der Waals surface area contributed by atoms with Gasteiger partial charge in [-0.2, -0.15) is 5.10 Å². The molecule has 3 N–H and O–H groups in total. The van der Waals surface area contributed by atoms with E-state index in [1.54, 1.807) is 4.90 Å². The van der Waals surface area contributed by atoms with Gasteiger partial charge in [-0.25, -0.2) is 0 Å². The van der Waals surface area contributed by atoms with Gasteiger partial charge in [-0.1, -0.05) is 38.1 Å². The summed E-state index contributed by atoms with van der Waals surface area (Å²) in [6, 6.07) is 10.3. The molecule has 1 fully saturated rings. The highest BCUT2D eigenvalue weighted by Gasteiger charge is 2.41. The van der Waals surface area contributed by atoms with Gasteiger partial charge in [0.15, 0.2) is 5.60 Å². The number of benzene rings is 1. The van der Waals surface area contributed by atoms with Crippen molar-refractivity contribution < 1.29 is 9.90 Å². The number of rotatable bonds is 7. The number of nitrogens with one attached hydrogen (secondary N) is 2. The van der Waals surface area contributed by atoms with E-state index in [1.165, 1.54) is 5.56 Å². The van der Waals surface area contributed by atoms with Crippen molar-refractivity contribution in [3.05, 3.63) is 52.8 Å². The summed E-state index contributed by atoms with van der Waals surface area (Å²) in [4.78, 5) is 14.7. The van der Waals surface area contributed by atoms with E-state index in [4.69, 9.17) is 0 Å². The Hall–Kier alpha value is -2.18. The minimum Gasteiger partial charge on any atom is -0.379 e. The third-order valence-electron chi connectivity index (χ3n) is 5.21. The van der Waals surface area contributed by atoms with E-state index in [0.29, 0.717) is 32.0 Å². The fourth-order valence-corrected chi connectivity index (χ4v) is 3.57. The van der Waals surface area contributed by atoms with Gasteiger partial charge >= 0.3 is 0 Å². The van der Waals surface area contributed by atoms with E-state index in [-0.39, 0.29) is 12.5 Å². The summed E-state index contributed by atoms with van der Waals surface area (Å²) in [5.41, 5.74) is 2.91. The summed E-state index contributed by atoms with van der Waals surface area (Å²) in [5, 5.41) is 21.1. The van der Waals surface area contributed by atoms with Crippen LogP contribution in [-0.2, 0) is 17.9 Å².